The molecule has 4 heterocycles. The minimum atomic E-state index is -0.465. The second-order valence-corrected chi connectivity index (χ2v) is 7.05. The van der Waals surface area contributed by atoms with E-state index in [9.17, 15) is 4.79 Å². The van der Waals surface area contributed by atoms with Gasteiger partial charge in [-0.05, 0) is 29.7 Å². The molecule has 2 aromatic heterocycles. The van der Waals surface area contributed by atoms with E-state index in [2.05, 4.69) is 28.1 Å². The Kier molecular flexibility index (Phi) is 4.05. The minimum Gasteiger partial charge on any atom is -0.464 e. The van der Waals surface area contributed by atoms with Gasteiger partial charge in [-0.2, -0.15) is 0 Å². The summed E-state index contributed by atoms with van der Waals surface area (Å²) in [7, 11) is 0. The number of amides is 1. The molecule has 1 unspecified atom stereocenters. The molecule has 1 saturated heterocycles. The average Bonchev–Trinajstić information content (AvgIpc) is 3.22. The number of ether oxygens (including phenoxy) is 1. The van der Waals surface area contributed by atoms with Gasteiger partial charge in [-0.15, -0.1) is 0 Å². The van der Waals surface area contributed by atoms with E-state index in [0.29, 0.717) is 26.2 Å². The van der Waals surface area contributed by atoms with Crippen LogP contribution in [0.25, 0.3) is 11.0 Å². The van der Waals surface area contributed by atoms with Gasteiger partial charge in [0.2, 0.25) is 0 Å². The van der Waals surface area contributed by atoms with Crippen LogP contribution in [0.1, 0.15) is 11.1 Å². The SMILES string of the molecule is O=C(C1CN(c2nccc3occc23)CCO1)N1CCc2ccccc2C1. The van der Waals surface area contributed by atoms with E-state index in [4.69, 9.17) is 9.15 Å². The van der Waals surface area contributed by atoms with Crippen LogP contribution in [0.3, 0.4) is 0 Å². The molecular weight excluding hydrogens is 342 g/mol. The van der Waals surface area contributed by atoms with Gasteiger partial charge in [-0.25, -0.2) is 4.98 Å². The molecule has 1 aromatic carbocycles. The fraction of sp³-hybridized carbons (Fsp3) is 0.333. The molecule has 5 rings (SSSR count). The van der Waals surface area contributed by atoms with Crippen LogP contribution in [-0.2, 0) is 22.5 Å². The van der Waals surface area contributed by atoms with E-state index in [-0.39, 0.29) is 5.91 Å². The Bertz CT molecular complexity index is 983. The molecule has 6 heteroatoms. The molecule has 2 aliphatic rings. The molecular formula is C21H21N3O3. The number of hydrogen-bond acceptors (Lipinski definition) is 5. The zero-order valence-corrected chi connectivity index (χ0v) is 15.0. The fourth-order valence-corrected chi connectivity index (χ4v) is 4.01. The van der Waals surface area contributed by atoms with Crippen LogP contribution in [0.4, 0.5) is 5.82 Å². The van der Waals surface area contributed by atoms with Gasteiger partial charge in [0.25, 0.3) is 5.91 Å². The Morgan fingerprint density at radius 2 is 2.00 bits per heavy atom. The van der Waals surface area contributed by atoms with Crippen LogP contribution in [0, 0.1) is 0 Å². The fourth-order valence-electron chi connectivity index (χ4n) is 4.01. The number of carbonyl (C=O) groups excluding carboxylic acids is 1. The summed E-state index contributed by atoms with van der Waals surface area (Å²) in [6.45, 7) is 3.13. The highest BCUT2D eigenvalue weighted by Gasteiger charge is 2.32. The third-order valence-corrected chi connectivity index (χ3v) is 5.44. The zero-order chi connectivity index (χ0) is 18.2. The van der Waals surface area contributed by atoms with E-state index in [0.717, 1.165) is 29.8 Å². The second-order valence-electron chi connectivity index (χ2n) is 7.05. The lowest BCUT2D eigenvalue weighted by Gasteiger charge is -2.37. The topological polar surface area (TPSA) is 58.8 Å². The van der Waals surface area contributed by atoms with Gasteiger partial charge in [-0.1, -0.05) is 24.3 Å². The van der Waals surface area contributed by atoms with Crippen molar-refractivity contribution in [1.82, 2.24) is 9.88 Å². The van der Waals surface area contributed by atoms with Crippen molar-refractivity contribution in [2.24, 2.45) is 0 Å². The Hall–Kier alpha value is -2.86. The summed E-state index contributed by atoms with van der Waals surface area (Å²) >= 11 is 0. The van der Waals surface area contributed by atoms with Crippen LogP contribution in [0.2, 0.25) is 0 Å². The monoisotopic (exact) mass is 363 g/mol. The van der Waals surface area contributed by atoms with Crippen molar-refractivity contribution in [2.45, 2.75) is 19.1 Å². The van der Waals surface area contributed by atoms with E-state index in [1.165, 1.54) is 11.1 Å². The third kappa shape index (κ3) is 2.96. The lowest BCUT2D eigenvalue weighted by molar-refractivity contribution is -0.145. The molecule has 2 aliphatic heterocycles. The number of rotatable bonds is 2. The zero-order valence-electron chi connectivity index (χ0n) is 15.0. The maximum atomic E-state index is 13.1. The number of pyridine rings is 1. The highest BCUT2D eigenvalue weighted by Crippen LogP contribution is 2.27. The summed E-state index contributed by atoms with van der Waals surface area (Å²) in [5.74, 6) is 0.917. The normalized spacial score (nSPS) is 19.9. The summed E-state index contributed by atoms with van der Waals surface area (Å²) in [5, 5.41) is 0.970. The third-order valence-electron chi connectivity index (χ3n) is 5.44. The molecule has 138 valence electrons. The first-order chi connectivity index (χ1) is 13.3. The minimum absolute atomic E-state index is 0.0635. The van der Waals surface area contributed by atoms with Crippen molar-refractivity contribution in [3.05, 3.63) is 60.0 Å². The van der Waals surface area contributed by atoms with Gasteiger partial charge in [0.1, 0.15) is 11.4 Å². The molecule has 0 radical (unpaired) electrons. The molecule has 0 N–H and O–H groups in total. The van der Waals surface area contributed by atoms with Gasteiger partial charge in [0.05, 0.1) is 24.8 Å². The predicted octanol–water partition coefficient (Wildman–Crippen LogP) is 2.62. The van der Waals surface area contributed by atoms with Crippen molar-refractivity contribution in [1.29, 1.82) is 0 Å². The highest BCUT2D eigenvalue weighted by molar-refractivity contribution is 5.89. The second kappa shape index (κ2) is 6.70. The Labute approximate surface area is 157 Å². The summed E-state index contributed by atoms with van der Waals surface area (Å²) in [5.41, 5.74) is 3.38. The van der Waals surface area contributed by atoms with Crippen LogP contribution in [0.15, 0.2) is 53.3 Å². The first-order valence-corrected chi connectivity index (χ1v) is 9.34. The summed E-state index contributed by atoms with van der Waals surface area (Å²) < 4.78 is 11.3. The Morgan fingerprint density at radius 3 is 2.93 bits per heavy atom. The number of benzene rings is 1. The molecule has 3 aromatic rings. The summed E-state index contributed by atoms with van der Waals surface area (Å²) in [4.78, 5) is 21.7. The van der Waals surface area contributed by atoms with Gasteiger partial charge in [-0.3, -0.25) is 4.79 Å². The van der Waals surface area contributed by atoms with Crippen molar-refractivity contribution in [3.8, 4) is 0 Å². The Balaban J connectivity index is 1.34. The van der Waals surface area contributed by atoms with Crippen LogP contribution in [-0.4, -0.2) is 48.1 Å². The van der Waals surface area contributed by atoms with Crippen LogP contribution in [0.5, 0.6) is 0 Å². The summed E-state index contributed by atoms with van der Waals surface area (Å²) in [6.07, 6.45) is 3.85. The molecule has 0 saturated carbocycles. The molecule has 0 aliphatic carbocycles. The van der Waals surface area contributed by atoms with E-state index < -0.39 is 6.10 Å². The lowest BCUT2D eigenvalue weighted by atomic mass is 9.99. The standard InChI is InChI=1S/C21H21N3O3/c25-21(24-9-6-15-3-1-2-4-16(15)13-24)19-14-23(10-12-27-19)20-17-7-11-26-18(17)5-8-22-20/h1-5,7-8,11,19H,6,9-10,12-14H2. The number of fused-ring (bicyclic) bond motifs is 2. The van der Waals surface area contributed by atoms with Crippen molar-refractivity contribution >= 4 is 22.7 Å². The van der Waals surface area contributed by atoms with E-state index in [1.54, 1.807) is 12.5 Å². The maximum Gasteiger partial charge on any atom is 0.253 e. The van der Waals surface area contributed by atoms with Crippen molar-refractivity contribution in [2.75, 3.05) is 31.1 Å². The van der Waals surface area contributed by atoms with Crippen LogP contribution < -0.4 is 4.90 Å². The molecule has 1 amide bonds. The number of furan rings is 1. The number of carbonyl (C=O) groups is 1. The van der Waals surface area contributed by atoms with Crippen molar-refractivity contribution in [3.63, 3.8) is 0 Å². The number of nitrogens with zero attached hydrogens (tertiary/aromatic N) is 3. The molecule has 27 heavy (non-hydrogen) atoms. The summed E-state index contributed by atoms with van der Waals surface area (Å²) in [6, 6.07) is 12.1. The smallest absolute Gasteiger partial charge is 0.253 e. The van der Waals surface area contributed by atoms with Crippen LogP contribution >= 0.6 is 0 Å². The number of morpholine rings is 1. The lowest BCUT2D eigenvalue weighted by Crippen LogP contribution is -2.52. The maximum absolute atomic E-state index is 13.1. The molecule has 0 bridgehead atoms. The molecule has 1 fully saturated rings. The van der Waals surface area contributed by atoms with Gasteiger partial charge in [0, 0.05) is 25.8 Å². The molecule has 1 atom stereocenters. The quantitative estimate of drug-likeness (QED) is 0.701. The highest BCUT2D eigenvalue weighted by atomic mass is 16.5. The number of hydrogen-bond donors (Lipinski definition) is 0. The predicted molar refractivity (Wildman–Crippen MR) is 102 cm³/mol. The van der Waals surface area contributed by atoms with Gasteiger partial charge >= 0.3 is 0 Å². The first kappa shape index (κ1) is 16.3. The molecule has 0 spiro atoms. The van der Waals surface area contributed by atoms with Gasteiger partial charge in [0.15, 0.2) is 6.10 Å². The molecule has 6 nitrogen and oxygen atoms in total. The van der Waals surface area contributed by atoms with E-state index >= 15 is 0 Å². The number of anilines is 1. The van der Waals surface area contributed by atoms with Crippen molar-refractivity contribution < 1.29 is 13.9 Å². The average molecular weight is 363 g/mol. The Morgan fingerprint density at radius 1 is 1.11 bits per heavy atom. The van der Waals surface area contributed by atoms with Gasteiger partial charge < -0.3 is 19.0 Å². The largest absolute Gasteiger partial charge is 0.464 e. The number of aromatic nitrogens is 1. The first-order valence-electron chi connectivity index (χ1n) is 9.34. The van der Waals surface area contributed by atoms with E-state index in [1.807, 2.05) is 23.1 Å².